The van der Waals surface area contributed by atoms with Gasteiger partial charge < -0.3 is 24.9 Å². The Balaban J connectivity index is 1.46. The number of furan rings is 1. The molecule has 0 spiro atoms. The number of nitrogens with zero attached hydrogens (tertiary/aromatic N) is 1. The molecule has 3 N–H and O–H groups in total. The molecule has 2 heterocycles. The summed E-state index contributed by atoms with van der Waals surface area (Å²) in [5.74, 6) is -0.247. The predicted molar refractivity (Wildman–Crippen MR) is 149 cm³/mol. The highest BCUT2D eigenvalue weighted by Crippen LogP contribution is 2.48. The number of fused-ring (bicyclic) bond motifs is 1. The highest BCUT2D eigenvalue weighted by Gasteiger charge is 2.38. The Kier molecular flexibility index (Phi) is 6.66. The molecule has 0 atom stereocenters. The molecule has 1 aliphatic heterocycles. The quantitative estimate of drug-likeness (QED) is 0.222. The molecule has 12 heteroatoms. The molecule has 1 amide bonds. The number of halogens is 1. The molecular weight excluding hydrogens is 553 g/mol. The van der Waals surface area contributed by atoms with Gasteiger partial charge in [-0.25, -0.2) is 22.4 Å². The van der Waals surface area contributed by atoms with Crippen LogP contribution < -0.4 is 20.1 Å². The van der Waals surface area contributed by atoms with Crippen molar-refractivity contribution in [1.82, 2.24) is 5.32 Å². The van der Waals surface area contributed by atoms with E-state index in [1.165, 1.54) is 34.8 Å². The van der Waals surface area contributed by atoms with Crippen molar-refractivity contribution in [2.24, 2.45) is 5.73 Å². The summed E-state index contributed by atoms with van der Waals surface area (Å²) in [4.78, 5) is 24.7. The fourth-order valence-corrected chi connectivity index (χ4v) is 6.21. The van der Waals surface area contributed by atoms with Crippen LogP contribution in [0.1, 0.15) is 34.7 Å². The largest absolute Gasteiger partial charge is 0.457 e. The van der Waals surface area contributed by atoms with Gasteiger partial charge in [0.05, 0.1) is 18.0 Å². The third kappa shape index (κ3) is 5.35. The molecule has 1 aromatic heterocycles. The maximum Gasteiger partial charge on any atom is 0.412 e. The minimum Gasteiger partial charge on any atom is -0.457 e. The maximum atomic E-state index is 13.2. The van der Waals surface area contributed by atoms with Crippen LogP contribution in [-0.2, 0) is 14.8 Å². The Bertz CT molecular complexity index is 1760. The van der Waals surface area contributed by atoms with E-state index in [-0.39, 0.29) is 34.7 Å². The Morgan fingerprint density at radius 3 is 2.20 bits per heavy atom. The average Bonchev–Trinajstić information content (AvgIpc) is 3.66. The Hall–Kier alpha value is -4.42. The van der Waals surface area contributed by atoms with E-state index in [1.54, 1.807) is 36.4 Å². The highest BCUT2D eigenvalue weighted by molar-refractivity contribution is 7.92. The van der Waals surface area contributed by atoms with E-state index < -0.39 is 22.1 Å². The number of sulfonamides is 1. The number of nitrogens with two attached hydrogens (primary N) is 1. The van der Waals surface area contributed by atoms with Gasteiger partial charge in [0, 0.05) is 30.1 Å². The zero-order valence-electron chi connectivity index (χ0n) is 21.9. The summed E-state index contributed by atoms with van der Waals surface area (Å²) in [6, 6.07) is 15.3. The lowest BCUT2D eigenvalue weighted by atomic mass is 10.00. The summed E-state index contributed by atoms with van der Waals surface area (Å²) in [5, 5.41) is 3.49. The van der Waals surface area contributed by atoms with Crippen LogP contribution in [-0.4, -0.2) is 45.9 Å². The first kappa shape index (κ1) is 26.8. The van der Waals surface area contributed by atoms with Crippen molar-refractivity contribution in [2.75, 3.05) is 23.7 Å². The van der Waals surface area contributed by atoms with E-state index in [2.05, 4.69) is 5.32 Å². The molecule has 212 valence electrons. The number of esters is 1. The third-order valence-corrected chi connectivity index (χ3v) is 8.31. The number of hydrogen-bond acceptors (Lipinski definition) is 8. The lowest BCUT2D eigenvalue weighted by Gasteiger charge is -2.38. The topological polar surface area (TPSA) is 141 Å². The number of amides is 1. The zero-order valence-corrected chi connectivity index (χ0v) is 22.7. The number of rotatable bonds is 8. The molecule has 10 nitrogen and oxygen atoms in total. The minimum absolute atomic E-state index is 0.00401. The molecule has 1 aliphatic carbocycles. The number of hydrogen-bond donors (Lipinski definition) is 2. The van der Waals surface area contributed by atoms with Crippen molar-refractivity contribution in [2.45, 2.75) is 24.8 Å². The number of benzene rings is 3. The van der Waals surface area contributed by atoms with Gasteiger partial charge in [0.2, 0.25) is 10.0 Å². The van der Waals surface area contributed by atoms with Crippen molar-refractivity contribution in [3.05, 3.63) is 77.6 Å². The Morgan fingerprint density at radius 1 is 1.02 bits per heavy atom. The molecule has 0 unspecified atom stereocenters. The van der Waals surface area contributed by atoms with Gasteiger partial charge in [-0.2, -0.15) is 0 Å². The third-order valence-electron chi connectivity index (χ3n) is 7.10. The zero-order chi connectivity index (χ0) is 28.9. The van der Waals surface area contributed by atoms with Gasteiger partial charge in [-0.15, -0.1) is 0 Å². The average molecular weight is 580 g/mol. The SMILES string of the molecule is CS(=O)(=O)N(c1cc2oc(-c3ccc(Oc4ccc(F)cc4)cc3)c(C(=O)OC(N)=O)c2cc1C1CC1)C1CNC1. The van der Waals surface area contributed by atoms with Crippen molar-refractivity contribution in [3.8, 4) is 22.8 Å². The normalized spacial score (nSPS) is 15.4. The van der Waals surface area contributed by atoms with Crippen LogP contribution >= 0.6 is 0 Å². The maximum absolute atomic E-state index is 13.2. The van der Waals surface area contributed by atoms with Crippen LogP contribution in [0.5, 0.6) is 11.5 Å². The molecule has 2 aliphatic rings. The molecule has 41 heavy (non-hydrogen) atoms. The molecule has 0 bridgehead atoms. The van der Waals surface area contributed by atoms with Crippen LogP contribution in [0.25, 0.3) is 22.3 Å². The summed E-state index contributed by atoms with van der Waals surface area (Å²) in [6.07, 6.45) is 1.66. The fourth-order valence-electron chi connectivity index (χ4n) is 5.01. The first-order chi connectivity index (χ1) is 19.6. The second-order valence-electron chi connectivity index (χ2n) is 10.1. The fraction of sp³-hybridized carbons (Fsp3) is 0.241. The van der Waals surface area contributed by atoms with E-state index in [9.17, 15) is 22.4 Å². The Labute approximate surface area is 234 Å². The van der Waals surface area contributed by atoms with E-state index in [1.807, 2.05) is 0 Å². The number of ether oxygens (including phenoxy) is 2. The second-order valence-corrected chi connectivity index (χ2v) is 12.0. The van der Waals surface area contributed by atoms with Crippen molar-refractivity contribution >= 4 is 38.7 Å². The first-order valence-corrected chi connectivity index (χ1v) is 14.8. The molecular formula is C29H26FN3O7S. The lowest BCUT2D eigenvalue weighted by molar-refractivity contribution is 0.0640. The van der Waals surface area contributed by atoms with E-state index in [0.29, 0.717) is 41.2 Å². The molecule has 1 saturated heterocycles. The summed E-state index contributed by atoms with van der Waals surface area (Å²) >= 11 is 0. The number of primary amides is 1. The number of carbonyl (C=O) groups excluding carboxylic acids is 2. The van der Waals surface area contributed by atoms with Gasteiger partial charge >= 0.3 is 12.1 Å². The lowest BCUT2D eigenvalue weighted by Crippen LogP contribution is -2.59. The molecule has 0 radical (unpaired) electrons. The van der Waals surface area contributed by atoms with E-state index in [0.717, 1.165) is 18.4 Å². The molecule has 1 saturated carbocycles. The van der Waals surface area contributed by atoms with Crippen molar-refractivity contribution in [3.63, 3.8) is 0 Å². The monoisotopic (exact) mass is 579 g/mol. The van der Waals surface area contributed by atoms with Crippen LogP contribution in [0, 0.1) is 5.82 Å². The van der Waals surface area contributed by atoms with Crippen LogP contribution in [0.2, 0.25) is 0 Å². The van der Waals surface area contributed by atoms with Crippen molar-refractivity contribution in [1.29, 1.82) is 0 Å². The van der Waals surface area contributed by atoms with Gasteiger partial charge in [0.15, 0.2) is 0 Å². The predicted octanol–water partition coefficient (Wildman–Crippen LogP) is 4.88. The van der Waals surface area contributed by atoms with Crippen LogP contribution in [0.3, 0.4) is 0 Å². The van der Waals surface area contributed by atoms with Gasteiger partial charge in [-0.1, -0.05) is 0 Å². The number of nitrogens with one attached hydrogen (secondary N) is 1. The minimum atomic E-state index is -3.63. The van der Waals surface area contributed by atoms with Gasteiger partial charge in [-0.05, 0) is 78.9 Å². The molecule has 6 rings (SSSR count). The second kappa shape index (κ2) is 10.2. The van der Waals surface area contributed by atoms with Gasteiger partial charge in [-0.3, -0.25) is 4.31 Å². The van der Waals surface area contributed by atoms with E-state index >= 15 is 0 Å². The van der Waals surface area contributed by atoms with Crippen LogP contribution in [0.15, 0.2) is 65.1 Å². The molecule has 4 aromatic rings. The molecule has 2 fully saturated rings. The van der Waals surface area contributed by atoms with Gasteiger partial charge in [0.25, 0.3) is 0 Å². The van der Waals surface area contributed by atoms with E-state index in [4.69, 9.17) is 19.6 Å². The first-order valence-electron chi connectivity index (χ1n) is 12.9. The highest BCUT2D eigenvalue weighted by atomic mass is 32.2. The number of carbonyl (C=O) groups is 2. The standard InChI is InChI=1S/C29H26FN3O7S/c1-41(36,37)33(19-14-32-15-19)24-13-25-23(12-22(24)16-2-3-16)26(28(34)40-29(31)35)27(39-25)17-4-8-20(9-5-17)38-21-10-6-18(30)7-11-21/h4-13,16,19,32H,2-3,14-15H2,1H3,(H2,31,35). The van der Waals surface area contributed by atoms with Crippen LogP contribution in [0.4, 0.5) is 14.9 Å². The summed E-state index contributed by atoms with van der Waals surface area (Å²) < 4.78 is 57.2. The van der Waals surface area contributed by atoms with Gasteiger partial charge in [0.1, 0.15) is 34.2 Å². The number of anilines is 1. The molecule has 3 aromatic carbocycles. The summed E-state index contributed by atoms with van der Waals surface area (Å²) in [6.45, 7) is 1.03. The summed E-state index contributed by atoms with van der Waals surface area (Å²) in [7, 11) is -3.63. The smallest absolute Gasteiger partial charge is 0.412 e. The summed E-state index contributed by atoms with van der Waals surface area (Å²) in [5.41, 5.74) is 7.16. The van der Waals surface area contributed by atoms with Crippen molar-refractivity contribution < 1.29 is 36.3 Å². The Morgan fingerprint density at radius 2 is 1.66 bits per heavy atom.